The summed E-state index contributed by atoms with van der Waals surface area (Å²) in [5.41, 5.74) is 0. The Kier molecular flexibility index (Phi) is 8.35. The van der Waals surface area contributed by atoms with Crippen LogP contribution in [0.1, 0.15) is 58.8 Å². The maximum Gasteiger partial charge on any atom is 0.239 e. The second kappa shape index (κ2) is 9.77. The summed E-state index contributed by atoms with van der Waals surface area (Å²) in [7, 11) is 0. The number of carbonyl (C=O) groups is 2. The number of rotatable bonds is 8. The SMILES string of the molecule is CC(C)CC(O)CNC(=O)CNC(=O)CC1CCCCC1. The van der Waals surface area contributed by atoms with Gasteiger partial charge in [-0.2, -0.15) is 0 Å². The van der Waals surface area contributed by atoms with Gasteiger partial charge in [0.2, 0.25) is 11.8 Å². The van der Waals surface area contributed by atoms with Gasteiger partial charge in [0.25, 0.3) is 0 Å². The molecule has 122 valence electrons. The van der Waals surface area contributed by atoms with Crippen molar-refractivity contribution in [3.05, 3.63) is 0 Å². The van der Waals surface area contributed by atoms with Crippen LogP contribution in [0.25, 0.3) is 0 Å². The molecule has 21 heavy (non-hydrogen) atoms. The van der Waals surface area contributed by atoms with Gasteiger partial charge in [0.1, 0.15) is 0 Å². The molecule has 0 bridgehead atoms. The third kappa shape index (κ3) is 8.71. The van der Waals surface area contributed by atoms with Crippen molar-refractivity contribution in [2.45, 2.75) is 64.9 Å². The molecule has 0 aromatic carbocycles. The van der Waals surface area contributed by atoms with Crippen LogP contribution >= 0.6 is 0 Å². The molecular formula is C16H30N2O3. The van der Waals surface area contributed by atoms with Gasteiger partial charge in [-0.05, 0) is 31.1 Å². The fourth-order valence-corrected chi connectivity index (χ4v) is 2.83. The van der Waals surface area contributed by atoms with Crippen molar-refractivity contribution >= 4 is 11.8 Å². The van der Waals surface area contributed by atoms with E-state index in [1.807, 2.05) is 13.8 Å². The highest BCUT2D eigenvalue weighted by Gasteiger charge is 2.17. The molecule has 0 aromatic heterocycles. The summed E-state index contributed by atoms with van der Waals surface area (Å²) in [6.45, 7) is 4.29. The van der Waals surface area contributed by atoms with E-state index in [4.69, 9.17) is 0 Å². The molecule has 0 saturated heterocycles. The Bertz CT molecular complexity index is 325. The average Bonchev–Trinajstić information content (AvgIpc) is 2.43. The fraction of sp³-hybridized carbons (Fsp3) is 0.875. The fourth-order valence-electron chi connectivity index (χ4n) is 2.83. The minimum Gasteiger partial charge on any atom is -0.391 e. The van der Waals surface area contributed by atoms with Gasteiger partial charge in [-0.25, -0.2) is 0 Å². The van der Waals surface area contributed by atoms with Gasteiger partial charge in [0, 0.05) is 13.0 Å². The van der Waals surface area contributed by atoms with Crippen molar-refractivity contribution < 1.29 is 14.7 Å². The zero-order chi connectivity index (χ0) is 15.7. The van der Waals surface area contributed by atoms with E-state index in [9.17, 15) is 14.7 Å². The standard InChI is InChI=1S/C16H30N2O3/c1-12(2)8-14(19)10-17-16(21)11-18-15(20)9-13-6-4-3-5-7-13/h12-14,19H,3-11H2,1-2H3,(H,17,21)(H,18,20). The van der Waals surface area contributed by atoms with E-state index in [1.54, 1.807) is 0 Å². The number of amides is 2. The summed E-state index contributed by atoms with van der Waals surface area (Å²) in [4.78, 5) is 23.4. The Hall–Kier alpha value is -1.10. The van der Waals surface area contributed by atoms with Crippen LogP contribution in [0.2, 0.25) is 0 Å². The van der Waals surface area contributed by atoms with Crippen molar-refractivity contribution in [1.29, 1.82) is 0 Å². The van der Waals surface area contributed by atoms with Gasteiger partial charge in [0.05, 0.1) is 12.6 Å². The van der Waals surface area contributed by atoms with Crippen LogP contribution in [0, 0.1) is 11.8 Å². The van der Waals surface area contributed by atoms with Crippen molar-refractivity contribution in [3.63, 3.8) is 0 Å². The minimum atomic E-state index is -0.521. The molecule has 5 heteroatoms. The van der Waals surface area contributed by atoms with E-state index < -0.39 is 6.10 Å². The first kappa shape index (κ1) is 18.0. The summed E-state index contributed by atoms with van der Waals surface area (Å²) in [5, 5.41) is 15.0. The van der Waals surface area contributed by atoms with Gasteiger partial charge in [-0.3, -0.25) is 9.59 Å². The Balaban J connectivity index is 2.10. The van der Waals surface area contributed by atoms with Gasteiger partial charge < -0.3 is 15.7 Å². The molecule has 0 aromatic rings. The largest absolute Gasteiger partial charge is 0.391 e. The highest BCUT2D eigenvalue weighted by molar-refractivity contribution is 5.84. The molecule has 1 unspecified atom stereocenters. The number of nitrogens with one attached hydrogen (secondary N) is 2. The van der Waals surface area contributed by atoms with E-state index >= 15 is 0 Å². The molecule has 0 heterocycles. The maximum atomic E-state index is 11.8. The highest BCUT2D eigenvalue weighted by Crippen LogP contribution is 2.25. The van der Waals surface area contributed by atoms with Gasteiger partial charge >= 0.3 is 0 Å². The van der Waals surface area contributed by atoms with Crippen molar-refractivity contribution in [2.24, 2.45) is 11.8 Å². The zero-order valence-corrected chi connectivity index (χ0v) is 13.4. The molecule has 1 saturated carbocycles. The molecule has 0 aliphatic heterocycles. The molecule has 1 fully saturated rings. The molecule has 2 amide bonds. The second-order valence-electron chi connectivity index (χ2n) is 6.57. The summed E-state index contributed by atoms with van der Waals surface area (Å²) in [6, 6.07) is 0. The summed E-state index contributed by atoms with van der Waals surface area (Å²) < 4.78 is 0. The van der Waals surface area contributed by atoms with Crippen LogP contribution in [-0.4, -0.2) is 36.1 Å². The molecule has 1 aliphatic rings. The van der Waals surface area contributed by atoms with E-state index in [-0.39, 0.29) is 24.9 Å². The molecule has 3 N–H and O–H groups in total. The molecule has 1 aliphatic carbocycles. The minimum absolute atomic E-state index is 0.0000477. The Morgan fingerprint density at radius 1 is 1.10 bits per heavy atom. The number of carbonyl (C=O) groups excluding carboxylic acids is 2. The zero-order valence-electron chi connectivity index (χ0n) is 13.4. The number of hydrogen-bond acceptors (Lipinski definition) is 3. The third-order valence-electron chi connectivity index (χ3n) is 3.92. The molecule has 5 nitrogen and oxygen atoms in total. The van der Waals surface area contributed by atoms with Crippen LogP contribution < -0.4 is 10.6 Å². The van der Waals surface area contributed by atoms with Crippen LogP contribution in [0.15, 0.2) is 0 Å². The highest BCUT2D eigenvalue weighted by atomic mass is 16.3. The van der Waals surface area contributed by atoms with Gasteiger partial charge in [-0.15, -0.1) is 0 Å². The smallest absolute Gasteiger partial charge is 0.239 e. The van der Waals surface area contributed by atoms with Gasteiger partial charge in [0.15, 0.2) is 0 Å². The maximum absolute atomic E-state index is 11.8. The first-order chi connectivity index (χ1) is 9.97. The van der Waals surface area contributed by atoms with E-state index in [0.29, 0.717) is 24.7 Å². The van der Waals surface area contributed by atoms with E-state index in [0.717, 1.165) is 12.8 Å². The Morgan fingerprint density at radius 2 is 1.76 bits per heavy atom. The second-order valence-corrected chi connectivity index (χ2v) is 6.57. The lowest BCUT2D eigenvalue weighted by Crippen LogP contribution is -2.40. The van der Waals surface area contributed by atoms with Crippen molar-refractivity contribution in [3.8, 4) is 0 Å². The van der Waals surface area contributed by atoms with Crippen molar-refractivity contribution in [2.75, 3.05) is 13.1 Å². The first-order valence-corrected chi connectivity index (χ1v) is 8.18. The predicted molar refractivity (Wildman–Crippen MR) is 82.7 cm³/mol. The number of hydrogen-bond donors (Lipinski definition) is 3. The van der Waals surface area contributed by atoms with Crippen LogP contribution in [0.4, 0.5) is 0 Å². The van der Waals surface area contributed by atoms with Crippen LogP contribution in [-0.2, 0) is 9.59 Å². The quantitative estimate of drug-likeness (QED) is 0.637. The average molecular weight is 298 g/mol. The first-order valence-electron chi connectivity index (χ1n) is 8.18. The number of aliphatic hydroxyl groups excluding tert-OH is 1. The normalized spacial score (nSPS) is 17.5. The van der Waals surface area contributed by atoms with Crippen LogP contribution in [0.5, 0.6) is 0 Å². The van der Waals surface area contributed by atoms with Gasteiger partial charge in [-0.1, -0.05) is 33.1 Å². The molecular weight excluding hydrogens is 268 g/mol. The lowest BCUT2D eigenvalue weighted by molar-refractivity contribution is -0.127. The monoisotopic (exact) mass is 298 g/mol. The Morgan fingerprint density at radius 3 is 2.38 bits per heavy atom. The summed E-state index contributed by atoms with van der Waals surface area (Å²) >= 11 is 0. The summed E-state index contributed by atoms with van der Waals surface area (Å²) in [6.07, 6.45) is 6.63. The molecule has 0 spiro atoms. The Labute approximate surface area is 127 Å². The molecule has 1 atom stereocenters. The van der Waals surface area contributed by atoms with Crippen molar-refractivity contribution in [1.82, 2.24) is 10.6 Å². The lowest BCUT2D eigenvalue weighted by Gasteiger charge is -2.20. The third-order valence-corrected chi connectivity index (χ3v) is 3.92. The molecule has 1 rings (SSSR count). The number of aliphatic hydroxyl groups is 1. The van der Waals surface area contributed by atoms with E-state index in [2.05, 4.69) is 10.6 Å². The lowest BCUT2D eigenvalue weighted by atomic mass is 9.87. The van der Waals surface area contributed by atoms with E-state index in [1.165, 1.54) is 19.3 Å². The van der Waals surface area contributed by atoms with Crippen LogP contribution in [0.3, 0.4) is 0 Å². The topological polar surface area (TPSA) is 78.4 Å². The molecule has 0 radical (unpaired) electrons. The summed E-state index contributed by atoms with van der Waals surface area (Å²) in [5.74, 6) is 0.594. The predicted octanol–water partition coefficient (Wildman–Crippen LogP) is 1.60.